The van der Waals surface area contributed by atoms with Crippen LogP contribution in [-0.4, -0.2) is 65.9 Å². The van der Waals surface area contributed by atoms with Crippen molar-refractivity contribution in [1.29, 1.82) is 0 Å². The molecule has 0 radical (unpaired) electrons. The number of carbonyl (C=O) groups excluding carboxylic acids is 1. The Kier molecular flexibility index (Phi) is 6.05. The molecule has 1 amide bonds. The highest BCUT2D eigenvalue weighted by molar-refractivity contribution is 7.19. The first kappa shape index (κ1) is 21.6. The Bertz CT molecular complexity index is 1140. The predicted molar refractivity (Wildman–Crippen MR) is 131 cm³/mol. The third kappa shape index (κ3) is 4.21. The van der Waals surface area contributed by atoms with E-state index in [4.69, 9.17) is 21.6 Å². The minimum atomic E-state index is 0.0651. The number of thiophene rings is 1. The summed E-state index contributed by atoms with van der Waals surface area (Å²) in [6.07, 6.45) is 4.77. The number of hydrogen-bond acceptors (Lipinski definition) is 6. The molecule has 0 saturated carbocycles. The molecule has 0 N–H and O–H groups in total. The number of anilines is 1. The minimum Gasteiger partial charge on any atom is -0.352 e. The molecular weight excluding hydrogens is 442 g/mol. The zero-order chi connectivity index (χ0) is 22.2. The van der Waals surface area contributed by atoms with Gasteiger partial charge in [0.25, 0.3) is 5.91 Å². The van der Waals surface area contributed by atoms with Gasteiger partial charge in [-0.3, -0.25) is 4.79 Å². The molecule has 1 saturated heterocycles. The number of halogens is 1. The standard InChI is InChI=1S/C24H28ClN5OS/c1-28(2)15-20-26-22(21-18-5-3-4-6-19(18)32-23(21)27-20)29-11-13-30(14-12-29)24(31)16-7-9-17(25)10-8-16/h7-10H,3-6,11-15H2,1-2H3. The number of aromatic nitrogens is 2. The molecule has 1 fully saturated rings. The summed E-state index contributed by atoms with van der Waals surface area (Å²) < 4.78 is 0. The van der Waals surface area contributed by atoms with Crippen LogP contribution >= 0.6 is 22.9 Å². The molecule has 1 aliphatic carbocycles. The van der Waals surface area contributed by atoms with Crippen LogP contribution in [0.1, 0.15) is 39.5 Å². The van der Waals surface area contributed by atoms with Gasteiger partial charge in [0.2, 0.25) is 0 Å². The number of aryl methyl sites for hydroxylation is 2. The molecule has 168 valence electrons. The van der Waals surface area contributed by atoms with Crippen molar-refractivity contribution in [3.8, 4) is 0 Å². The smallest absolute Gasteiger partial charge is 0.253 e. The third-order valence-electron chi connectivity index (χ3n) is 6.26. The van der Waals surface area contributed by atoms with Gasteiger partial charge in [-0.05, 0) is 69.6 Å². The molecule has 0 atom stereocenters. The number of amides is 1. The van der Waals surface area contributed by atoms with Gasteiger partial charge in [0, 0.05) is 41.6 Å². The third-order valence-corrected chi connectivity index (χ3v) is 7.69. The molecule has 0 unspecified atom stereocenters. The Hall–Kier alpha value is -2.22. The van der Waals surface area contributed by atoms with Crippen LogP contribution in [0.2, 0.25) is 5.02 Å². The zero-order valence-corrected chi connectivity index (χ0v) is 20.2. The van der Waals surface area contributed by atoms with E-state index in [0.29, 0.717) is 23.7 Å². The highest BCUT2D eigenvalue weighted by Crippen LogP contribution is 2.40. The molecule has 2 aromatic heterocycles. The molecule has 3 heterocycles. The lowest BCUT2D eigenvalue weighted by Gasteiger charge is -2.36. The van der Waals surface area contributed by atoms with Crippen LogP contribution in [0.15, 0.2) is 24.3 Å². The fraction of sp³-hybridized carbons (Fsp3) is 0.458. The van der Waals surface area contributed by atoms with E-state index in [9.17, 15) is 4.79 Å². The van der Waals surface area contributed by atoms with Gasteiger partial charge < -0.3 is 14.7 Å². The molecule has 2 aliphatic rings. The zero-order valence-electron chi connectivity index (χ0n) is 18.6. The number of piperazine rings is 1. The largest absolute Gasteiger partial charge is 0.352 e. The van der Waals surface area contributed by atoms with Crippen LogP contribution in [0.25, 0.3) is 10.2 Å². The van der Waals surface area contributed by atoms with E-state index in [2.05, 4.69) is 9.80 Å². The van der Waals surface area contributed by atoms with Gasteiger partial charge in [0.15, 0.2) is 0 Å². The van der Waals surface area contributed by atoms with Crippen molar-refractivity contribution < 1.29 is 4.79 Å². The maximum absolute atomic E-state index is 12.9. The Balaban J connectivity index is 1.42. The summed E-state index contributed by atoms with van der Waals surface area (Å²) in [6, 6.07) is 7.15. The molecule has 1 aliphatic heterocycles. The summed E-state index contributed by atoms with van der Waals surface area (Å²) in [5.41, 5.74) is 2.15. The summed E-state index contributed by atoms with van der Waals surface area (Å²) in [6.45, 7) is 3.64. The summed E-state index contributed by atoms with van der Waals surface area (Å²) in [4.78, 5) is 31.9. The van der Waals surface area contributed by atoms with Crippen molar-refractivity contribution in [2.45, 2.75) is 32.2 Å². The van der Waals surface area contributed by atoms with Gasteiger partial charge in [-0.15, -0.1) is 11.3 Å². The van der Waals surface area contributed by atoms with E-state index < -0.39 is 0 Å². The molecular formula is C24H28ClN5OS. The van der Waals surface area contributed by atoms with Crippen molar-refractivity contribution in [2.75, 3.05) is 45.2 Å². The number of benzene rings is 1. The first-order valence-electron chi connectivity index (χ1n) is 11.3. The fourth-order valence-electron chi connectivity index (χ4n) is 4.66. The molecule has 5 rings (SSSR count). The molecule has 0 bridgehead atoms. The van der Waals surface area contributed by atoms with E-state index in [-0.39, 0.29) is 5.91 Å². The SMILES string of the molecule is CN(C)Cc1nc(N2CCN(C(=O)c3ccc(Cl)cc3)CC2)c2c3c(sc2n1)CCCC3. The van der Waals surface area contributed by atoms with Crippen molar-refractivity contribution in [1.82, 2.24) is 19.8 Å². The van der Waals surface area contributed by atoms with Crippen LogP contribution in [0.3, 0.4) is 0 Å². The number of nitrogens with zero attached hydrogens (tertiary/aromatic N) is 5. The van der Waals surface area contributed by atoms with Gasteiger partial charge in [0.1, 0.15) is 16.5 Å². The minimum absolute atomic E-state index is 0.0651. The quantitative estimate of drug-likeness (QED) is 0.571. The van der Waals surface area contributed by atoms with Gasteiger partial charge in [-0.25, -0.2) is 9.97 Å². The number of hydrogen-bond donors (Lipinski definition) is 0. The highest BCUT2D eigenvalue weighted by Gasteiger charge is 2.28. The second kappa shape index (κ2) is 8.96. The van der Waals surface area contributed by atoms with Crippen LogP contribution in [0.5, 0.6) is 0 Å². The lowest BCUT2D eigenvalue weighted by atomic mass is 9.97. The van der Waals surface area contributed by atoms with Crippen LogP contribution in [0.4, 0.5) is 5.82 Å². The Morgan fingerprint density at radius 3 is 2.50 bits per heavy atom. The van der Waals surface area contributed by atoms with Crippen LogP contribution in [0, 0.1) is 0 Å². The van der Waals surface area contributed by atoms with Gasteiger partial charge in [-0.1, -0.05) is 11.6 Å². The van der Waals surface area contributed by atoms with E-state index in [1.165, 1.54) is 28.7 Å². The van der Waals surface area contributed by atoms with Crippen molar-refractivity contribution in [3.05, 3.63) is 51.1 Å². The van der Waals surface area contributed by atoms with Crippen molar-refractivity contribution >= 4 is 44.9 Å². The number of fused-ring (bicyclic) bond motifs is 3. The van der Waals surface area contributed by atoms with E-state index in [1.807, 2.05) is 30.3 Å². The summed E-state index contributed by atoms with van der Waals surface area (Å²) in [5, 5.41) is 1.90. The lowest BCUT2D eigenvalue weighted by molar-refractivity contribution is 0.0746. The van der Waals surface area contributed by atoms with Gasteiger partial charge in [0.05, 0.1) is 11.9 Å². The Morgan fingerprint density at radius 1 is 1.06 bits per heavy atom. The molecule has 1 aromatic carbocycles. The molecule has 8 heteroatoms. The fourth-order valence-corrected chi connectivity index (χ4v) is 6.06. The van der Waals surface area contributed by atoms with E-state index in [0.717, 1.165) is 48.9 Å². The Morgan fingerprint density at radius 2 is 1.78 bits per heavy atom. The van der Waals surface area contributed by atoms with E-state index in [1.54, 1.807) is 24.3 Å². The van der Waals surface area contributed by atoms with Crippen LogP contribution in [-0.2, 0) is 19.4 Å². The first-order valence-corrected chi connectivity index (χ1v) is 12.4. The molecule has 0 spiro atoms. The van der Waals surface area contributed by atoms with Crippen LogP contribution < -0.4 is 4.90 Å². The topological polar surface area (TPSA) is 52.6 Å². The first-order chi connectivity index (χ1) is 15.5. The normalized spacial score (nSPS) is 16.6. The van der Waals surface area contributed by atoms with Gasteiger partial charge in [-0.2, -0.15) is 0 Å². The van der Waals surface area contributed by atoms with Crippen molar-refractivity contribution in [2.24, 2.45) is 0 Å². The van der Waals surface area contributed by atoms with E-state index >= 15 is 0 Å². The number of carbonyl (C=O) groups is 1. The second-order valence-electron chi connectivity index (χ2n) is 8.88. The predicted octanol–water partition coefficient (Wildman–Crippen LogP) is 4.25. The lowest BCUT2D eigenvalue weighted by Crippen LogP contribution is -2.49. The second-order valence-corrected chi connectivity index (χ2v) is 10.4. The van der Waals surface area contributed by atoms with Gasteiger partial charge >= 0.3 is 0 Å². The summed E-state index contributed by atoms with van der Waals surface area (Å²) in [7, 11) is 4.10. The summed E-state index contributed by atoms with van der Waals surface area (Å²) in [5.74, 6) is 2.00. The number of rotatable bonds is 4. The van der Waals surface area contributed by atoms with Crippen molar-refractivity contribution in [3.63, 3.8) is 0 Å². The average Bonchev–Trinajstić information content (AvgIpc) is 3.17. The molecule has 6 nitrogen and oxygen atoms in total. The maximum Gasteiger partial charge on any atom is 0.253 e. The molecule has 3 aromatic rings. The average molecular weight is 470 g/mol. The Labute approximate surface area is 197 Å². The molecule has 32 heavy (non-hydrogen) atoms. The monoisotopic (exact) mass is 469 g/mol. The highest BCUT2D eigenvalue weighted by atomic mass is 35.5. The maximum atomic E-state index is 12.9. The summed E-state index contributed by atoms with van der Waals surface area (Å²) >= 11 is 7.83.